The van der Waals surface area contributed by atoms with Gasteiger partial charge in [-0.3, -0.25) is 9.10 Å². The smallest absolute Gasteiger partial charge is 0.243 e. The summed E-state index contributed by atoms with van der Waals surface area (Å²) in [5, 5.41) is 3.65. The van der Waals surface area contributed by atoms with Gasteiger partial charge in [-0.15, -0.1) is 0 Å². The van der Waals surface area contributed by atoms with Gasteiger partial charge in [0.05, 0.1) is 11.9 Å². The van der Waals surface area contributed by atoms with Gasteiger partial charge >= 0.3 is 0 Å². The van der Waals surface area contributed by atoms with Crippen LogP contribution in [0.1, 0.15) is 51.9 Å². The average molecular weight is 421 g/mol. The van der Waals surface area contributed by atoms with Crippen molar-refractivity contribution >= 4 is 44.8 Å². The summed E-state index contributed by atoms with van der Waals surface area (Å²) in [6, 6.07) is 3.70. The van der Waals surface area contributed by atoms with Crippen molar-refractivity contribution in [1.29, 1.82) is 0 Å². The van der Waals surface area contributed by atoms with Crippen molar-refractivity contribution in [3.05, 3.63) is 28.2 Å². The molecule has 1 atom stereocenters. The number of halogens is 2. The lowest BCUT2D eigenvalue weighted by molar-refractivity contribution is -0.122. The molecule has 146 valence electrons. The molecule has 8 heteroatoms. The molecule has 26 heavy (non-hydrogen) atoms. The molecule has 2 rings (SSSR count). The lowest BCUT2D eigenvalue weighted by Crippen LogP contribution is -2.50. The van der Waals surface area contributed by atoms with Crippen LogP contribution in [-0.2, 0) is 14.8 Å². The number of carbonyl (C=O) groups excluding carboxylic acids is 1. The molecule has 0 aliphatic heterocycles. The number of hydrogen-bond acceptors (Lipinski definition) is 3. The first-order valence-electron chi connectivity index (χ1n) is 8.94. The van der Waals surface area contributed by atoms with Crippen LogP contribution in [0.15, 0.2) is 18.2 Å². The van der Waals surface area contributed by atoms with E-state index in [1.807, 2.05) is 0 Å². The van der Waals surface area contributed by atoms with E-state index in [4.69, 9.17) is 23.2 Å². The first-order chi connectivity index (χ1) is 12.2. The number of nitrogens with zero attached hydrogens (tertiary/aromatic N) is 1. The SMILES string of the molecule is C[C@@H](C(=O)NC1CCCCCCC1)N(c1cc(Cl)cc(Cl)c1)S(C)(=O)=O. The van der Waals surface area contributed by atoms with Crippen LogP contribution in [-0.4, -0.2) is 32.7 Å². The number of nitrogens with one attached hydrogen (secondary N) is 1. The summed E-state index contributed by atoms with van der Waals surface area (Å²) >= 11 is 12.0. The number of sulfonamides is 1. The molecule has 1 N–H and O–H groups in total. The van der Waals surface area contributed by atoms with Crippen molar-refractivity contribution in [2.75, 3.05) is 10.6 Å². The second kappa shape index (κ2) is 9.29. The van der Waals surface area contributed by atoms with Gasteiger partial charge < -0.3 is 5.32 Å². The fraction of sp³-hybridized carbons (Fsp3) is 0.611. The molecule has 0 bridgehead atoms. The number of carbonyl (C=O) groups is 1. The van der Waals surface area contributed by atoms with E-state index >= 15 is 0 Å². The van der Waals surface area contributed by atoms with Crippen LogP contribution in [0.2, 0.25) is 10.0 Å². The summed E-state index contributed by atoms with van der Waals surface area (Å²) in [4.78, 5) is 12.8. The van der Waals surface area contributed by atoms with Crippen molar-refractivity contribution < 1.29 is 13.2 Å². The molecule has 5 nitrogen and oxygen atoms in total. The van der Waals surface area contributed by atoms with E-state index in [-0.39, 0.29) is 17.6 Å². The highest BCUT2D eigenvalue weighted by Gasteiger charge is 2.30. The van der Waals surface area contributed by atoms with E-state index in [9.17, 15) is 13.2 Å². The monoisotopic (exact) mass is 420 g/mol. The molecule has 0 aromatic heterocycles. The van der Waals surface area contributed by atoms with E-state index in [1.165, 1.54) is 37.5 Å². The molecular weight excluding hydrogens is 395 g/mol. The van der Waals surface area contributed by atoms with Crippen molar-refractivity contribution in [1.82, 2.24) is 5.32 Å². The Hall–Kier alpha value is -0.980. The fourth-order valence-corrected chi connectivity index (χ4v) is 5.07. The minimum Gasteiger partial charge on any atom is -0.352 e. The van der Waals surface area contributed by atoms with Gasteiger partial charge in [-0.25, -0.2) is 8.42 Å². The highest BCUT2D eigenvalue weighted by molar-refractivity contribution is 7.92. The van der Waals surface area contributed by atoms with Crippen molar-refractivity contribution in [3.63, 3.8) is 0 Å². The molecule has 1 aromatic rings. The maximum absolute atomic E-state index is 12.8. The molecule has 1 aromatic carbocycles. The van der Waals surface area contributed by atoms with Crippen LogP contribution >= 0.6 is 23.2 Å². The lowest BCUT2D eigenvalue weighted by atomic mass is 9.96. The minimum absolute atomic E-state index is 0.0922. The standard InChI is InChI=1S/C18H26Cl2N2O3S/c1-13(18(23)21-16-8-6-4-3-5-7-9-16)22(26(2,24)25)17-11-14(19)10-15(20)12-17/h10-13,16H,3-9H2,1-2H3,(H,21,23)/t13-/m0/s1. The summed E-state index contributed by atoms with van der Waals surface area (Å²) in [7, 11) is -3.69. The highest BCUT2D eigenvalue weighted by atomic mass is 35.5. The zero-order valence-electron chi connectivity index (χ0n) is 15.2. The third kappa shape index (κ3) is 6.03. The molecule has 1 aliphatic rings. The zero-order valence-corrected chi connectivity index (χ0v) is 17.5. The maximum atomic E-state index is 12.8. The summed E-state index contributed by atoms with van der Waals surface area (Å²) in [6.07, 6.45) is 8.70. The van der Waals surface area contributed by atoms with E-state index in [0.29, 0.717) is 10.0 Å². The van der Waals surface area contributed by atoms with Gasteiger partial charge in [-0.05, 0) is 38.0 Å². The maximum Gasteiger partial charge on any atom is 0.243 e. The number of rotatable bonds is 5. The number of amides is 1. The minimum atomic E-state index is -3.69. The quantitative estimate of drug-likeness (QED) is 0.768. The molecule has 0 spiro atoms. The Labute approximate surface area is 166 Å². The first-order valence-corrected chi connectivity index (χ1v) is 11.5. The van der Waals surface area contributed by atoms with Gasteiger partial charge in [-0.1, -0.05) is 55.3 Å². The van der Waals surface area contributed by atoms with Crippen LogP contribution in [0, 0.1) is 0 Å². The normalized spacial score (nSPS) is 17.8. The lowest BCUT2D eigenvalue weighted by Gasteiger charge is -2.30. The zero-order chi connectivity index (χ0) is 19.3. The molecule has 0 heterocycles. The summed E-state index contributed by atoms with van der Waals surface area (Å²) in [6.45, 7) is 1.58. The van der Waals surface area contributed by atoms with Crippen LogP contribution in [0.3, 0.4) is 0 Å². The topological polar surface area (TPSA) is 66.5 Å². The number of benzene rings is 1. The molecule has 1 amide bonds. The van der Waals surface area contributed by atoms with Crippen molar-refractivity contribution in [2.45, 2.75) is 64.0 Å². The van der Waals surface area contributed by atoms with Crippen LogP contribution in [0.4, 0.5) is 5.69 Å². The predicted molar refractivity (Wildman–Crippen MR) is 107 cm³/mol. The first kappa shape index (κ1) is 21.3. The Morgan fingerprint density at radius 1 is 1.08 bits per heavy atom. The van der Waals surface area contributed by atoms with Crippen LogP contribution in [0.5, 0.6) is 0 Å². The summed E-state index contributed by atoms with van der Waals surface area (Å²) in [5.74, 6) is -0.308. The molecule has 1 saturated carbocycles. The predicted octanol–water partition coefficient (Wildman–Crippen LogP) is 4.38. The third-order valence-corrected chi connectivity index (χ3v) is 6.32. The molecule has 1 aliphatic carbocycles. The Morgan fingerprint density at radius 3 is 2.08 bits per heavy atom. The van der Waals surface area contributed by atoms with Crippen molar-refractivity contribution in [2.24, 2.45) is 0 Å². The molecular formula is C18H26Cl2N2O3S. The van der Waals surface area contributed by atoms with Crippen LogP contribution < -0.4 is 9.62 Å². The molecule has 0 radical (unpaired) electrons. The van der Waals surface area contributed by atoms with Crippen LogP contribution in [0.25, 0.3) is 0 Å². The van der Waals surface area contributed by atoms with Gasteiger partial charge in [0, 0.05) is 16.1 Å². The van der Waals surface area contributed by atoms with E-state index < -0.39 is 16.1 Å². The third-order valence-electron chi connectivity index (χ3n) is 4.64. The van der Waals surface area contributed by atoms with E-state index in [1.54, 1.807) is 6.92 Å². The molecule has 1 fully saturated rings. The summed E-state index contributed by atoms with van der Waals surface area (Å²) in [5.41, 5.74) is 0.283. The molecule has 0 saturated heterocycles. The van der Waals surface area contributed by atoms with Gasteiger partial charge in [0.15, 0.2) is 0 Å². The Balaban J connectivity index is 2.20. The van der Waals surface area contributed by atoms with Gasteiger partial charge in [0.1, 0.15) is 6.04 Å². The highest BCUT2D eigenvalue weighted by Crippen LogP contribution is 2.28. The van der Waals surface area contributed by atoms with Gasteiger partial charge in [-0.2, -0.15) is 0 Å². The second-order valence-corrected chi connectivity index (χ2v) is 9.65. The fourth-order valence-electron chi connectivity index (χ4n) is 3.40. The largest absolute Gasteiger partial charge is 0.352 e. The van der Waals surface area contributed by atoms with Crippen molar-refractivity contribution in [3.8, 4) is 0 Å². The Kier molecular flexibility index (Phi) is 7.62. The molecule has 0 unspecified atom stereocenters. The van der Waals surface area contributed by atoms with Gasteiger partial charge in [0.25, 0.3) is 0 Å². The van der Waals surface area contributed by atoms with Gasteiger partial charge in [0.2, 0.25) is 15.9 Å². The second-order valence-electron chi connectivity index (χ2n) is 6.91. The van der Waals surface area contributed by atoms with E-state index in [0.717, 1.165) is 36.2 Å². The van der Waals surface area contributed by atoms with E-state index in [2.05, 4.69) is 5.32 Å². The Bertz CT molecular complexity index is 712. The number of anilines is 1. The average Bonchev–Trinajstić information content (AvgIpc) is 2.47. The Morgan fingerprint density at radius 2 is 1.58 bits per heavy atom. The number of hydrogen-bond donors (Lipinski definition) is 1. The summed E-state index contributed by atoms with van der Waals surface area (Å²) < 4.78 is 25.8.